The van der Waals surface area contributed by atoms with Crippen molar-refractivity contribution in [2.24, 2.45) is 4.99 Å². The largest absolute Gasteiger partial charge is 0.402 e. The zero-order valence-electron chi connectivity index (χ0n) is 11.2. The number of non-ortho nitro benzene ring substituents is 1. The Labute approximate surface area is 124 Å². The predicted octanol–water partition coefficient (Wildman–Crippen LogP) is 2.33. The van der Waals surface area contributed by atoms with E-state index in [9.17, 15) is 14.9 Å². The van der Waals surface area contributed by atoms with E-state index >= 15 is 0 Å². The molecule has 0 spiro atoms. The molecule has 0 radical (unpaired) electrons. The minimum absolute atomic E-state index is 0.0405. The van der Waals surface area contributed by atoms with Crippen molar-refractivity contribution in [2.45, 2.75) is 0 Å². The molecule has 7 nitrogen and oxygen atoms in total. The first kappa shape index (κ1) is 13.6. The van der Waals surface area contributed by atoms with Crippen LogP contribution in [0.25, 0.3) is 6.08 Å². The fourth-order valence-corrected chi connectivity index (χ4v) is 1.88. The van der Waals surface area contributed by atoms with Gasteiger partial charge in [0.15, 0.2) is 5.70 Å². The van der Waals surface area contributed by atoms with Gasteiger partial charge in [-0.3, -0.25) is 15.1 Å². The molecule has 0 aliphatic carbocycles. The number of cyclic esters (lactones) is 1. The third-order valence-electron chi connectivity index (χ3n) is 2.96. The van der Waals surface area contributed by atoms with Crippen molar-refractivity contribution < 1.29 is 14.5 Å². The van der Waals surface area contributed by atoms with Crippen LogP contribution in [0.5, 0.6) is 0 Å². The number of carbonyl (C=O) groups is 1. The number of carbonyl (C=O) groups excluding carboxylic acids is 1. The number of pyridine rings is 1. The van der Waals surface area contributed by atoms with Gasteiger partial charge in [-0.05, 0) is 35.9 Å². The SMILES string of the molecule is O=C1OC(c2ccc([N+](=O)[O-])cc2)=N/C1=C\c1ccncc1. The average Bonchev–Trinajstić information content (AvgIpc) is 2.89. The van der Waals surface area contributed by atoms with Crippen molar-refractivity contribution in [1.29, 1.82) is 0 Å². The first-order chi connectivity index (χ1) is 10.6. The summed E-state index contributed by atoms with van der Waals surface area (Å²) < 4.78 is 5.09. The minimum atomic E-state index is -0.565. The summed E-state index contributed by atoms with van der Waals surface area (Å²) in [4.78, 5) is 29.9. The van der Waals surface area contributed by atoms with Crippen LogP contribution < -0.4 is 0 Å². The maximum absolute atomic E-state index is 11.8. The number of esters is 1. The summed E-state index contributed by atoms with van der Waals surface area (Å²) in [5, 5.41) is 10.6. The predicted molar refractivity (Wildman–Crippen MR) is 77.9 cm³/mol. The molecule has 0 amide bonds. The summed E-state index contributed by atoms with van der Waals surface area (Å²) in [5.74, 6) is -0.439. The Morgan fingerprint density at radius 1 is 1.09 bits per heavy atom. The van der Waals surface area contributed by atoms with E-state index in [4.69, 9.17) is 4.74 Å². The number of aromatic nitrogens is 1. The van der Waals surface area contributed by atoms with Crippen molar-refractivity contribution in [3.63, 3.8) is 0 Å². The van der Waals surface area contributed by atoms with E-state index in [2.05, 4.69) is 9.98 Å². The first-order valence-electron chi connectivity index (χ1n) is 6.31. The molecule has 3 rings (SSSR count). The molecular formula is C15H9N3O4. The molecule has 0 saturated heterocycles. The number of ether oxygens (including phenoxy) is 1. The molecule has 1 aliphatic heterocycles. The number of rotatable bonds is 3. The lowest BCUT2D eigenvalue weighted by molar-refractivity contribution is -0.384. The smallest absolute Gasteiger partial charge is 0.363 e. The Bertz CT molecular complexity index is 795. The Balaban J connectivity index is 1.90. The van der Waals surface area contributed by atoms with E-state index in [0.717, 1.165) is 5.56 Å². The zero-order valence-corrected chi connectivity index (χ0v) is 11.2. The molecule has 108 valence electrons. The van der Waals surface area contributed by atoms with Crippen molar-refractivity contribution >= 4 is 23.6 Å². The van der Waals surface area contributed by atoms with Crippen LogP contribution in [0.2, 0.25) is 0 Å². The highest BCUT2D eigenvalue weighted by molar-refractivity contribution is 6.12. The summed E-state index contributed by atoms with van der Waals surface area (Å²) in [6.07, 6.45) is 4.80. The van der Waals surface area contributed by atoms with E-state index in [1.165, 1.54) is 24.3 Å². The topological polar surface area (TPSA) is 94.7 Å². The summed E-state index contributed by atoms with van der Waals surface area (Å²) >= 11 is 0. The van der Waals surface area contributed by atoms with Gasteiger partial charge >= 0.3 is 5.97 Å². The van der Waals surface area contributed by atoms with Gasteiger partial charge in [0.1, 0.15) is 0 Å². The lowest BCUT2D eigenvalue weighted by Crippen LogP contribution is -2.05. The fourth-order valence-electron chi connectivity index (χ4n) is 1.88. The lowest BCUT2D eigenvalue weighted by atomic mass is 10.2. The Kier molecular flexibility index (Phi) is 3.45. The van der Waals surface area contributed by atoms with E-state index in [1.807, 2.05) is 0 Å². The number of benzene rings is 1. The van der Waals surface area contributed by atoms with Crippen molar-refractivity contribution in [3.8, 4) is 0 Å². The zero-order chi connectivity index (χ0) is 15.5. The standard InChI is InChI=1S/C15H9N3O4/c19-15-13(9-10-5-7-16-8-6-10)17-14(22-15)11-1-3-12(4-2-11)18(20)21/h1-9H/b13-9-. The molecule has 0 saturated carbocycles. The van der Waals surface area contributed by atoms with Gasteiger partial charge in [0.05, 0.1) is 4.92 Å². The third-order valence-corrected chi connectivity index (χ3v) is 2.96. The molecule has 0 N–H and O–H groups in total. The molecule has 0 unspecified atom stereocenters. The Morgan fingerprint density at radius 3 is 2.41 bits per heavy atom. The van der Waals surface area contributed by atoms with Crippen LogP contribution in [-0.4, -0.2) is 21.8 Å². The maximum Gasteiger partial charge on any atom is 0.363 e. The van der Waals surface area contributed by atoms with Crippen molar-refractivity contribution in [2.75, 3.05) is 0 Å². The van der Waals surface area contributed by atoms with Gasteiger partial charge in [-0.1, -0.05) is 0 Å². The molecule has 7 heteroatoms. The van der Waals surface area contributed by atoms with Gasteiger partial charge in [-0.2, -0.15) is 0 Å². The fraction of sp³-hybridized carbons (Fsp3) is 0. The summed E-state index contributed by atoms with van der Waals surface area (Å²) in [6.45, 7) is 0. The summed E-state index contributed by atoms with van der Waals surface area (Å²) in [5.41, 5.74) is 1.40. The number of aliphatic imine (C=N–C) groups is 1. The number of hydrogen-bond donors (Lipinski definition) is 0. The van der Waals surface area contributed by atoms with Crippen LogP contribution >= 0.6 is 0 Å². The van der Waals surface area contributed by atoms with Gasteiger partial charge < -0.3 is 4.74 Å². The van der Waals surface area contributed by atoms with Crippen LogP contribution in [-0.2, 0) is 9.53 Å². The molecule has 0 bridgehead atoms. The Hall–Kier alpha value is -3.35. The van der Waals surface area contributed by atoms with E-state index in [0.29, 0.717) is 5.56 Å². The number of nitro benzene ring substituents is 1. The van der Waals surface area contributed by atoms with Crippen LogP contribution in [0.4, 0.5) is 5.69 Å². The second-order valence-corrected chi connectivity index (χ2v) is 4.42. The normalized spacial score (nSPS) is 15.5. The van der Waals surface area contributed by atoms with Gasteiger partial charge in [0.2, 0.25) is 5.90 Å². The molecule has 2 aromatic rings. The van der Waals surface area contributed by atoms with Crippen molar-refractivity contribution in [1.82, 2.24) is 4.98 Å². The lowest BCUT2D eigenvalue weighted by Gasteiger charge is -1.98. The highest BCUT2D eigenvalue weighted by Crippen LogP contribution is 2.20. The summed E-state index contributed by atoms with van der Waals surface area (Å²) in [6, 6.07) is 9.10. The number of nitrogens with zero attached hydrogens (tertiary/aromatic N) is 3. The number of nitro groups is 1. The average molecular weight is 295 g/mol. The van der Waals surface area contributed by atoms with Crippen LogP contribution in [0, 0.1) is 10.1 Å². The molecule has 0 fully saturated rings. The number of hydrogen-bond acceptors (Lipinski definition) is 6. The molecule has 22 heavy (non-hydrogen) atoms. The van der Waals surface area contributed by atoms with E-state index in [-0.39, 0.29) is 17.3 Å². The third kappa shape index (κ3) is 2.73. The van der Waals surface area contributed by atoms with Gasteiger partial charge in [-0.15, -0.1) is 0 Å². The van der Waals surface area contributed by atoms with Gasteiger partial charge in [0.25, 0.3) is 5.69 Å². The Morgan fingerprint density at radius 2 is 1.77 bits per heavy atom. The minimum Gasteiger partial charge on any atom is -0.402 e. The second kappa shape index (κ2) is 5.57. The molecular weight excluding hydrogens is 286 g/mol. The van der Waals surface area contributed by atoms with Crippen molar-refractivity contribution in [3.05, 3.63) is 75.7 Å². The highest BCUT2D eigenvalue weighted by atomic mass is 16.6. The van der Waals surface area contributed by atoms with E-state index in [1.54, 1.807) is 30.6 Å². The maximum atomic E-state index is 11.8. The molecule has 1 aromatic carbocycles. The van der Waals surface area contributed by atoms with Crippen LogP contribution in [0.3, 0.4) is 0 Å². The monoisotopic (exact) mass is 295 g/mol. The van der Waals surface area contributed by atoms with Crippen LogP contribution in [0.1, 0.15) is 11.1 Å². The highest BCUT2D eigenvalue weighted by Gasteiger charge is 2.24. The van der Waals surface area contributed by atoms with Gasteiger partial charge in [-0.25, -0.2) is 9.79 Å². The molecule has 0 atom stereocenters. The first-order valence-corrected chi connectivity index (χ1v) is 6.31. The van der Waals surface area contributed by atoms with Crippen LogP contribution in [0.15, 0.2) is 59.5 Å². The summed E-state index contributed by atoms with van der Waals surface area (Å²) in [7, 11) is 0. The van der Waals surface area contributed by atoms with Gasteiger partial charge in [0, 0.05) is 30.1 Å². The second-order valence-electron chi connectivity index (χ2n) is 4.42. The molecule has 1 aliphatic rings. The molecule has 1 aromatic heterocycles. The quantitative estimate of drug-likeness (QED) is 0.375. The molecule has 2 heterocycles. The van der Waals surface area contributed by atoms with E-state index < -0.39 is 10.9 Å².